The van der Waals surface area contributed by atoms with E-state index in [4.69, 9.17) is 14.2 Å². The van der Waals surface area contributed by atoms with E-state index in [0.717, 1.165) is 89.9 Å². The normalized spacial score (nSPS) is 12.3. The Kier molecular flexibility index (Phi) is 54.8. The Morgan fingerprint density at radius 2 is 0.574 bits per heavy atom. The van der Waals surface area contributed by atoms with Crippen LogP contribution in [0, 0.1) is 0 Å². The topological polar surface area (TPSA) is 78.9 Å². The van der Waals surface area contributed by atoms with Crippen molar-refractivity contribution in [3.8, 4) is 0 Å². The van der Waals surface area contributed by atoms with E-state index in [2.05, 4.69) is 69.4 Å². The van der Waals surface area contributed by atoms with Gasteiger partial charge in [-0.3, -0.25) is 14.4 Å². The Morgan fingerprint density at radius 1 is 0.309 bits per heavy atom. The maximum Gasteiger partial charge on any atom is 0.306 e. The first kappa shape index (κ1) is 65.4. The number of unbranched alkanes of at least 4 members (excludes halogenated alkanes) is 35. The van der Waals surface area contributed by atoms with Gasteiger partial charge in [0.15, 0.2) is 6.10 Å². The van der Waals surface area contributed by atoms with Crippen LogP contribution in [0.4, 0.5) is 0 Å². The number of esters is 3. The van der Waals surface area contributed by atoms with Crippen LogP contribution < -0.4 is 0 Å². The van der Waals surface area contributed by atoms with E-state index in [1.54, 1.807) is 0 Å². The van der Waals surface area contributed by atoms with Gasteiger partial charge in [-0.25, -0.2) is 0 Å². The molecule has 0 spiro atoms. The number of ether oxygens (including phenoxy) is 3. The fourth-order valence-electron chi connectivity index (χ4n) is 8.67. The summed E-state index contributed by atoms with van der Waals surface area (Å²) < 4.78 is 16.9. The highest BCUT2D eigenvalue weighted by Gasteiger charge is 2.19. The lowest BCUT2D eigenvalue weighted by atomic mass is 10.0. The van der Waals surface area contributed by atoms with Crippen LogP contribution in [0.15, 0.2) is 48.6 Å². The third-order valence-corrected chi connectivity index (χ3v) is 13.1. The van der Waals surface area contributed by atoms with Crippen molar-refractivity contribution < 1.29 is 28.6 Å². The van der Waals surface area contributed by atoms with Gasteiger partial charge in [-0.15, -0.1) is 0 Å². The lowest BCUT2D eigenvalue weighted by Crippen LogP contribution is -2.30. The molecule has 0 rings (SSSR count). The van der Waals surface area contributed by atoms with Crippen LogP contribution in [-0.2, 0) is 28.6 Å². The Labute approximate surface area is 422 Å². The van der Waals surface area contributed by atoms with Crippen molar-refractivity contribution in [1.29, 1.82) is 0 Å². The molecule has 0 fully saturated rings. The summed E-state index contributed by atoms with van der Waals surface area (Å²) in [6.45, 7) is 6.55. The predicted octanol–water partition coefficient (Wildman–Crippen LogP) is 19.8. The molecule has 0 radical (unpaired) electrons. The third kappa shape index (κ3) is 54.3. The van der Waals surface area contributed by atoms with E-state index in [1.165, 1.54) is 180 Å². The molecule has 0 aliphatic carbocycles. The van der Waals surface area contributed by atoms with Crippen molar-refractivity contribution in [1.82, 2.24) is 0 Å². The summed E-state index contributed by atoms with van der Waals surface area (Å²) in [6.07, 6.45) is 69.6. The maximum absolute atomic E-state index is 12.8. The van der Waals surface area contributed by atoms with Crippen molar-refractivity contribution in [3.63, 3.8) is 0 Å². The van der Waals surface area contributed by atoms with Gasteiger partial charge in [0.1, 0.15) is 13.2 Å². The van der Waals surface area contributed by atoms with Gasteiger partial charge in [0.2, 0.25) is 0 Å². The van der Waals surface area contributed by atoms with Crippen molar-refractivity contribution in [2.45, 2.75) is 316 Å². The van der Waals surface area contributed by atoms with Crippen LogP contribution in [0.2, 0.25) is 0 Å². The molecule has 6 heteroatoms. The Balaban J connectivity index is 4.37. The van der Waals surface area contributed by atoms with E-state index >= 15 is 0 Å². The first-order valence-corrected chi connectivity index (χ1v) is 29.6. The average Bonchev–Trinajstić information content (AvgIpc) is 3.34. The Bertz CT molecular complexity index is 1190. The monoisotopic (exact) mass is 953 g/mol. The van der Waals surface area contributed by atoms with Crippen molar-refractivity contribution in [3.05, 3.63) is 48.6 Å². The van der Waals surface area contributed by atoms with Crippen LogP contribution in [0.3, 0.4) is 0 Å². The number of hydrogen-bond acceptors (Lipinski definition) is 6. The largest absolute Gasteiger partial charge is 0.462 e. The second-order valence-electron chi connectivity index (χ2n) is 19.9. The van der Waals surface area contributed by atoms with Gasteiger partial charge in [0.05, 0.1) is 0 Å². The minimum absolute atomic E-state index is 0.0816. The molecule has 0 amide bonds. The Hall–Kier alpha value is -2.63. The standard InChI is InChI=1S/C62H112O6/c1-4-7-10-13-16-19-22-25-28-31-32-35-37-40-43-46-49-52-55-61(64)67-58-59(68-62(65)56-53-50-47-44-41-38-34-30-27-24-21-18-15-12-9-6-3)57-66-60(63)54-51-48-45-42-39-36-33-29-26-23-20-17-14-11-8-5-2/h9,12,18,21,27,30,38,41,59H,4-8,10-11,13-17,19-20,22-26,28-29,31-37,39-40,42-58H2,1-3H3/b12-9-,21-18-,30-27-,41-38-. The number of rotatable bonds is 54. The lowest BCUT2D eigenvalue weighted by Gasteiger charge is -2.18. The summed E-state index contributed by atoms with van der Waals surface area (Å²) in [6, 6.07) is 0. The molecule has 0 aromatic heterocycles. The molecular weight excluding hydrogens is 841 g/mol. The fourth-order valence-corrected chi connectivity index (χ4v) is 8.67. The van der Waals surface area contributed by atoms with Crippen LogP contribution in [0.5, 0.6) is 0 Å². The lowest BCUT2D eigenvalue weighted by molar-refractivity contribution is -0.167. The number of hydrogen-bond donors (Lipinski definition) is 0. The summed E-state index contributed by atoms with van der Waals surface area (Å²) in [5, 5.41) is 0. The molecule has 68 heavy (non-hydrogen) atoms. The van der Waals surface area contributed by atoms with E-state index < -0.39 is 6.10 Å². The quantitative estimate of drug-likeness (QED) is 0.0262. The van der Waals surface area contributed by atoms with E-state index in [1.807, 2.05) is 0 Å². The average molecular weight is 954 g/mol. The first-order valence-electron chi connectivity index (χ1n) is 29.6. The molecule has 0 saturated heterocycles. The highest BCUT2D eigenvalue weighted by molar-refractivity contribution is 5.71. The second-order valence-corrected chi connectivity index (χ2v) is 19.9. The van der Waals surface area contributed by atoms with Gasteiger partial charge < -0.3 is 14.2 Å². The van der Waals surface area contributed by atoms with E-state index in [0.29, 0.717) is 19.3 Å². The van der Waals surface area contributed by atoms with Crippen molar-refractivity contribution in [2.75, 3.05) is 13.2 Å². The molecule has 396 valence electrons. The van der Waals surface area contributed by atoms with Crippen LogP contribution in [-0.4, -0.2) is 37.2 Å². The summed E-state index contributed by atoms with van der Waals surface area (Å²) in [5.74, 6) is -0.894. The second kappa shape index (κ2) is 57.0. The zero-order chi connectivity index (χ0) is 49.3. The zero-order valence-electron chi connectivity index (χ0n) is 45.4. The maximum atomic E-state index is 12.8. The number of carbonyl (C=O) groups is 3. The summed E-state index contributed by atoms with van der Waals surface area (Å²) in [4.78, 5) is 38.2. The SMILES string of the molecule is CC/C=C\C/C=C\C/C=C\C/C=C\CCCCCC(=O)OC(COC(=O)CCCCCCCCCCCCCCCCCC)COC(=O)CCCCCCCCCCCCCCCCCCCC. The van der Waals surface area contributed by atoms with Gasteiger partial charge >= 0.3 is 17.9 Å². The molecule has 0 N–H and O–H groups in total. The minimum Gasteiger partial charge on any atom is -0.462 e. The first-order chi connectivity index (χ1) is 33.5. The minimum atomic E-state index is -0.786. The van der Waals surface area contributed by atoms with Crippen molar-refractivity contribution >= 4 is 17.9 Å². The molecule has 0 aromatic carbocycles. The molecule has 0 heterocycles. The van der Waals surface area contributed by atoms with Crippen molar-refractivity contribution in [2.24, 2.45) is 0 Å². The molecule has 0 aromatic rings. The Morgan fingerprint density at radius 3 is 0.897 bits per heavy atom. The number of carbonyl (C=O) groups excluding carboxylic acids is 3. The van der Waals surface area contributed by atoms with Gasteiger partial charge in [-0.1, -0.05) is 281 Å². The van der Waals surface area contributed by atoms with Crippen LogP contribution in [0.1, 0.15) is 310 Å². The molecule has 1 unspecified atom stereocenters. The number of allylic oxidation sites excluding steroid dienone is 8. The zero-order valence-corrected chi connectivity index (χ0v) is 45.4. The highest BCUT2D eigenvalue weighted by atomic mass is 16.6. The summed E-state index contributed by atoms with van der Waals surface area (Å²) in [7, 11) is 0. The van der Waals surface area contributed by atoms with Gasteiger partial charge in [0.25, 0.3) is 0 Å². The fraction of sp³-hybridized carbons (Fsp3) is 0.823. The van der Waals surface area contributed by atoms with E-state index in [-0.39, 0.29) is 31.1 Å². The molecule has 0 aliphatic heterocycles. The van der Waals surface area contributed by atoms with Crippen LogP contribution in [0.25, 0.3) is 0 Å². The van der Waals surface area contributed by atoms with E-state index in [9.17, 15) is 14.4 Å². The smallest absolute Gasteiger partial charge is 0.306 e. The van der Waals surface area contributed by atoms with Gasteiger partial charge in [-0.05, 0) is 57.8 Å². The molecule has 1 atom stereocenters. The molecule has 0 bridgehead atoms. The summed E-state index contributed by atoms with van der Waals surface area (Å²) >= 11 is 0. The molecule has 0 saturated carbocycles. The van der Waals surface area contributed by atoms with Crippen LogP contribution >= 0.6 is 0 Å². The third-order valence-electron chi connectivity index (χ3n) is 13.1. The summed E-state index contributed by atoms with van der Waals surface area (Å²) in [5.41, 5.74) is 0. The van der Waals surface area contributed by atoms with Gasteiger partial charge in [0, 0.05) is 19.3 Å². The molecular formula is C62H112O6. The highest BCUT2D eigenvalue weighted by Crippen LogP contribution is 2.17. The predicted molar refractivity (Wildman–Crippen MR) is 293 cm³/mol. The molecule has 6 nitrogen and oxygen atoms in total. The molecule has 0 aliphatic rings. The van der Waals surface area contributed by atoms with Gasteiger partial charge in [-0.2, -0.15) is 0 Å².